The molecule has 0 aromatic heterocycles. The molecule has 0 spiro atoms. The molecule has 0 amide bonds. The summed E-state index contributed by atoms with van der Waals surface area (Å²) in [7, 11) is -3.43. The predicted molar refractivity (Wildman–Crippen MR) is 64.8 cm³/mol. The highest BCUT2D eigenvalue weighted by atomic mass is 35.5. The van der Waals surface area contributed by atoms with Gasteiger partial charge in [-0.05, 0) is 13.8 Å². The Bertz CT molecular complexity index is 302. The summed E-state index contributed by atoms with van der Waals surface area (Å²) >= 11 is 0. The Balaban J connectivity index is 0.00000225. The van der Waals surface area contributed by atoms with Crippen LogP contribution in [0.15, 0.2) is 0 Å². The maximum atomic E-state index is 11.9. The Hall–Kier alpha value is 0.0800. The van der Waals surface area contributed by atoms with Crippen molar-refractivity contribution < 1.29 is 13.2 Å². The van der Waals surface area contributed by atoms with Gasteiger partial charge in [-0.3, -0.25) is 0 Å². The van der Waals surface area contributed by atoms with Gasteiger partial charge in [0, 0.05) is 25.2 Å². The smallest absolute Gasteiger partial charge is 0.280 e. The first-order valence-corrected chi connectivity index (χ1v) is 6.38. The van der Waals surface area contributed by atoms with E-state index < -0.39 is 15.7 Å². The van der Waals surface area contributed by atoms with Crippen LogP contribution in [0.1, 0.15) is 13.8 Å². The molecule has 0 radical (unpaired) electrons. The van der Waals surface area contributed by atoms with Crippen LogP contribution >= 0.6 is 12.4 Å². The number of hydrogen-bond acceptors (Lipinski definition) is 4. The van der Waals surface area contributed by atoms with Gasteiger partial charge in [0.15, 0.2) is 0 Å². The SMILES string of the molecule is CC(C)(CN)NS(=O)(=O)N1CCOCC1.Cl. The summed E-state index contributed by atoms with van der Waals surface area (Å²) in [4.78, 5) is 0. The van der Waals surface area contributed by atoms with E-state index in [9.17, 15) is 8.42 Å². The third kappa shape index (κ3) is 4.52. The second-order valence-corrected chi connectivity index (χ2v) is 5.88. The normalized spacial score (nSPS) is 19.2. The summed E-state index contributed by atoms with van der Waals surface area (Å²) in [6.45, 7) is 5.46. The quantitative estimate of drug-likeness (QED) is 0.710. The van der Waals surface area contributed by atoms with Crippen LogP contribution in [-0.4, -0.2) is 51.1 Å². The van der Waals surface area contributed by atoms with Crippen molar-refractivity contribution in [3.8, 4) is 0 Å². The van der Waals surface area contributed by atoms with Crippen molar-refractivity contribution in [2.24, 2.45) is 5.73 Å². The predicted octanol–water partition coefficient (Wildman–Crippen LogP) is -0.688. The molecule has 1 aliphatic heterocycles. The van der Waals surface area contributed by atoms with Gasteiger partial charge in [-0.2, -0.15) is 17.4 Å². The number of ether oxygens (including phenoxy) is 1. The zero-order chi connectivity index (χ0) is 11.5. The van der Waals surface area contributed by atoms with Gasteiger partial charge in [-0.15, -0.1) is 12.4 Å². The summed E-state index contributed by atoms with van der Waals surface area (Å²) in [5, 5.41) is 0. The van der Waals surface area contributed by atoms with E-state index in [2.05, 4.69) is 4.72 Å². The van der Waals surface area contributed by atoms with E-state index in [0.717, 1.165) is 0 Å². The summed E-state index contributed by atoms with van der Waals surface area (Å²) in [6.07, 6.45) is 0. The van der Waals surface area contributed by atoms with Crippen LogP contribution in [0.4, 0.5) is 0 Å². The number of nitrogens with zero attached hydrogens (tertiary/aromatic N) is 1. The summed E-state index contributed by atoms with van der Waals surface area (Å²) in [5.41, 5.74) is 4.86. The lowest BCUT2D eigenvalue weighted by Gasteiger charge is -2.31. The van der Waals surface area contributed by atoms with Gasteiger partial charge in [0.2, 0.25) is 0 Å². The number of hydrogen-bond donors (Lipinski definition) is 2. The fourth-order valence-corrected chi connectivity index (χ4v) is 2.78. The van der Waals surface area contributed by atoms with Crippen molar-refractivity contribution in [2.45, 2.75) is 19.4 Å². The van der Waals surface area contributed by atoms with Gasteiger partial charge in [-0.1, -0.05) is 0 Å². The van der Waals surface area contributed by atoms with Crippen molar-refractivity contribution in [2.75, 3.05) is 32.8 Å². The van der Waals surface area contributed by atoms with Gasteiger partial charge in [0.05, 0.1) is 13.2 Å². The highest BCUT2D eigenvalue weighted by Gasteiger charge is 2.29. The first kappa shape index (κ1) is 16.1. The summed E-state index contributed by atoms with van der Waals surface area (Å²) < 4.78 is 32.8. The minimum absolute atomic E-state index is 0. The van der Waals surface area contributed by atoms with E-state index in [4.69, 9.17) is 10.5 Å². The topological polar surface area (TPSA) is 84.7 Å². The molecule has 0 aromatic carbocycles. The van der Waals surface area contributed by atoms with Crippen molar-refractivity contribution in [1.29, 1.82) is 0 Å². The second kappa shape index (κ2) is 6.13. The molecular weight excluding hydrogens is 254 g/mol. The highest BCUT2D eigenvalue weighted by Crippen LogP contribution is 2.08. The van der Waals surface area contributed by atoms with E-state index in [0.29, 0.717) is 26.3 Å². The van der Waals surface area contributed by atoms with E-state index in [1.165, 1.54) is 4.31 Å². The lowest BCUT2D eigenvalue weighted by Crippen LogP contribution is -2.55. The van der Waals surface area contributed by atoms with Crippen LogP contribution in [-0.2, 0) is 14.9 Å². The van der Waals surface area contributed by atoms with Crippen molar-refractivity contribution in [3.63, 3.8) is 0 Å². The molecule has 0 unspecified atom stereocenters. The average molecular weight is 274 g/mol. The van der Waals surface area contributed by atoms with Gasteiger partial charge in [0.1, 0.15) is 0 Å². The van der Waals surface area contributed by atoms with Gasteiger partial charge < -0.3 is 10.5 Å². The zero-order valence-electron chi connectivity index (χ0n) is 9.60. The highest BCUT2D eigenvalue weighted by molar-refractivity contribution is 7.87. The zero-order valence-corrected chi connectivity index (χ0v) is 11.2. The van der Waals surface area contributed by atoms with Gasteiger partial charge in [0.25, 0.3) is 10.2 Å². The molecule has 8 heteroatoms. The third-order valence-corrected chi connectivity index (χ3v) is 4.08. The molecular formula is C8H20ClN3O3S. The molecule has 1 saturated heterocycles. The Labute approximate surface area is 103 Å². The number of halogens is 1. The van der Waals surface area contributed by atoms with E-state index in [-0.39, 0.29) is 19.0 Å². The monoisotopic (exact) mass is 273 g/mol. The largest absolute Gasteiger partial charge is 0.379 e. The Morgan fingerprint density at radius 3 is 2.31 bits per heavy atom. The maximum Gasteiger partial charge on any atom is 0.280 e. The Kier molecular flexibility index (Phi) is 6.16. The number of nitrogens with one attached hydrogen (secondary N) is 1. The fraction of sp³-hybridized carbons (Fsp3) is 1.00. The van der Waals surface area contributed by atoms with Crippen LogP contribution in [0, 0.1) is 0 Å². The molecule has 1 rings (SSSR count). The molecule has 0 bridgehead atoms. The van der Waals surface area contributed by atoms with Crippen molar-refractivity contribution in [1.82, 2.24) is 9.03 Å². The maximum absolute atomic E-state index is 11.9. The Morgan fingerprint density at radius 1 is 1.38 bits per heavy atom. The van der Waals surface area contributed by atoms with E-state index in [1.807, 2.05) is 0 Å². The number of morpholine rings is 1. The summed E-state index contributed by atoms with van der Waals surface area (Å²) in [5.74, 6) is 0. The molecule has 0 aromatic rings. The standard InChI is InChI=1S/C8H19N3O3S.ClH/c1-8(2,7-9)10-15(12,13)11-3-5-14-6-4-11;/h10H,3-7,9H2,1-2H3;1H. The van der Waals surface area contributed by atoms with Crippen molar-refractivity contribution >= 4 is 22.6 Å². The fourth-order valence-electron chi connectivity index (χ4n) is 1.24. The van der Waals surface area contributed by atoms with Crippen LogP contribution in [0.25, 0.3) is 0 Å². The lowest BCUT2D eigenvalue weighted by atomic mass is 10.1. The minimum Gasteiger partial charge on any atom is -0.379 e. The lowest BCUT2D eigenvalue weighted by molar-refractivity contribution is 0.0720. The average Bonchev–Trinajstić information content (AvgIpc) is 2.18. The number of nitrogens with two attached hydrogens (primary N) is 1. The third-order valence-electron chi connectivity index (χ3n) is 2.23. The molecule has 0 saturated carbocycles. The Morgan fingerprint density at radius 2 is 1.88 bits per heavy atom. The van der Waals surface area contributed by atoms with Crippen molar-refractivity contribution in [3.05, 3.63) is 0 Å². The molecule has 3 N–H and O–H groups in total. The molecule has 1 aliphatic rings. The van der Waals surface area contributed by atoms with E-state index in [1.54, 1.807) is 13.8 Å². The van der Waals surface area contributed by atoms with Gasteiger partial charge >= 0.3 is 0 Å². The molecule has 0 aliphatic carbocycles. The molecule has 0 atom stereocenters. The van der Waals surface area contributed by atoms with E-state index >= 15 is 0 Å². The molecule has 16 heavy (non-hydrogen) atoms. The molecule has 1 heterocycles. The molecule has 6 nitrogen and oxygen atoms in total. The first-order chi connectivity index (χ1) is 6.87. The first-order valence-electron chi connectivity index (χ1n) is 4.94. The van der Waals surface area contributed by atoms with Gasteiger partial charge in [-0.25, -0.2) is 0 Å². The van der Waals surface area contributed by atoms with Crippen LogP contribution in [0.5, 0.6) is 0 Å². The molecule has 98 valence electrons. The van der Waals surface area contributed by atoms with Crippen LogP contribution < -0.4 is 10.5 Å². The number of rotatable bonds is 4. The molecule has 1 fully saturated rings. The second-order valence-electron chi connectivity index (χ2n) is 4.21. The summed E-state index contributed by atoms with van der Waals surface area (Å²) in [6, 6.07) is 0. The minimum atomic E-state index is -3.43. The van der Waals surface area contributed by atoms with Crippen LogP contribution in [0.2, 0.25) is 0 Å². The van der Waals surface area contributed by atoms with Crippen LogP contribution in [0.3, 0.4) is 0 Å².